The number of nitrogens with one attached hydrogen (secondary N) is 1. The van der Waals surface area contributed by atoms with Crippen molar-refractivity contribution in [2.45, 2.75) is 32.1 Å². The van der Waals surface area contributed by atoms with E-state index in [1.54, 1.807) is 36.4 Å². The van der Waals surface area contributed by atoms with Gasteiger partial charge in [-0.3, -0.25) is 14.9 Å². The molecule has 4 aromatic rings. The molecule has 0 aromatic heterocycles. The number of ether oxygens (including phenoxy) is 4. The number of nitrogens with zero attached hydrogens (tertiary/aromatic N) is 2. The molecule has 1 amide bonds. The zero-order valence-electron chi connectivity index (χ0n) is 30.5. The van der Waals surface area contributed by atoms with Crippen molar-refractivity contribution >= 4 is 46.0 Å². The van der Waals surface area contributed by atoms with Crippen LogP contribution in [0.15, 0.2) is 84.9 Å². The molecule has 0 bridgehead atoms. The van der Waals surface area contributed by atoms with Gasteiger partial charge in [0.2, 0.25) is 5.91 Å². The highest BCUT2D eigenvalue weighted by Gasteiger charge is 2.09. The molecule has 0 fully saturated rings. The number of carbonyl (C=O) groups is 2. The third-order valence-corrected chi connectivity index (χ3v) is 7.52. The van der Waals surface area contributed by atoms with Gasteiger partial charge in [-0.2, -0.15) is 0 Å². The summed E-state index contributed by atoms with van der Waals surface area (Å²) in [7, 11) is 6.37. The summed E-state index contributed by atoms with van der Waals surface area (Å²) in [6, 6.07) is 23.5. The molecule has 0 heterocycles. The number of nitro benzene ring substituents is 1. The van der Waals surface area contributed by atoms with Gasteiger partial charge in [-0.15, -0.1) is 0 Å². The Morgan fingerprint density at radius 2 is 1.36 bits per heavy atom. The van der Waals surface area contributed by atoms with Crippen LogP contribution >= 0.6 is 0 Å². The van der Waals surface area contributed by atoms with Crippen LogP contribution in [0.25, 0.3) is 0 Å². The number of nitrogens with two attached hydrogens (primary N) is 5. The lowest BCUT2D eigenvalue weighted by Crippen LogP contribution is -2.30. The highest BCUT2D eigenvalue weighted by molar-refractivity contribution is 5.89. The molecule has 0 radical (unpaired) electrons. The first-order valence-corrected chi connectivity index (χ1v) is 16.4. The van der Waals surface area contributed by atoms with Gasteiger partial charge in [-0.05, 0) is 66.9 Å². The normalized spacial score (nSPS) is 10.7. The van der Waals surface area contributed by atoms with Crippen LogP contribution in [-0.4, -0.2) is 64.5 Å². The standard InChI is InChI=1S/C23H32N4O4.C8H12N2O2.C6H6N2O2/c1-27(20-11-9-19(24)10-12-20)15-13-22(28)26-14-3-4-21(25)31-16-17-5-7-18(8-6-17)23(29)30-2;1-11-7-3-6(10)8(12-2)4-5(7)9;7-5-1-3-6(4-2-5)8(9)10/h5-12,21H,3-4,13-16,24-25H2,1-2H3,(H,26,28);3-4H,9-10H2,1-2H3;1-4H,7H2. The summed E-state index contributed by atoms with van der Waals surface area (Å²) in [6.07, 6.45) is 1.34. The SMILES string of the molecule is COC(=O)c1ccc(COC(N)CCCNC(=O)CCN(C)c2ccc(N)cc2)cc1.COc1cc(N)c(OC)cc1N.Nc1ccc([N+](=O)[O-])cc1. The largest absolute Gasteiger partial charge is 0.495 e. The summed E-state index contributed by atoms with van der Waals surface area (Å²) in [5, 5.41) is 13.0. The first-order chi connectivity index (χ1) is 25.3. The van der Waals surface area contributed by atoms with Crippen LogP contribution in [0.5, 0.6) is 11.5 Å². The van der Waals surface area contributed by atoms with Crippen LogP contribution in [0.4, 0.5) is 34.1 Å². The van der Waals surface area contributed by atoms with Gasteiger partial charge in [0, 0.05) is 67.9 Å². The topological polar surface area (TPSA) is 260 Å². The van der Waals surface area contributed by atoms with E-state index in [0.29, 0.717) is 72.4 Å². The predicted molar refractivity (Wildman–Crippen MR) is 207 cm³/mol. The third kappa shape index (κ3) is 15.7. The summed E-state index contributed by atoms with van der Waals surface area (Å²) >= 11 is 0. The summed E-state index contributed by atoms with van der Waals surface area (Å²) < 4.78 is 20.2. The fraction of sp³-hybridized carbons (Fsp3) is 0.297. The molecule has 0 spiro atoms. The van der Waals surface area contributed by atoms with Gasteiger partial charge in [0.1, 0.15) is 17.7 Å². The molecule has 0 aliphatic rings. The van der Waals surface area contributed by atoms with E-state index < -0.39 is 11.2 Å². The Balaban J connectivity index is 0.000000356. The minimum atomic E-state index is -0.459. The summed E-state index contributed by atoms with van der Waals surface area (Å²) in [6.45, 7) is 1.52. The van der Waals surface area contributed by atoms with Gasteiger partial charge >= 0.3 is 5.97 Å². The molecular weight excluding hydrogens is 684 g/mol. The molecule has 16 nitrogen and oxygen atoms in total. The molecule has 286 valence electrons. The lowest BCUT2D eigenvalue weighted by Gasteiger charge is -2.19. The van der Waals surface area contributed by atoms with Gasteiger partial charge in [-0.25, -0.2) is 4.79 Å². The zero-order valence-corrected chi connectivity index (χ0v) is 30.5. The van der Waals surface area contributed by atoms with Crippen molar-refractivity contribution in [3.63, 3.8) is 0 Å². The molecule has 0 aliphatic heterocycles. The van der Waals surface area contributed by atoms with Crippen LogP contribution in [0, 0.1) is 10.1 Å². The molecule has 1 unspecified atom stereocenters. The highest BCUT2D eigenvalue weighted by Crippen LogP contribution is 2.32. The number of benzene rings is 4. The number of nitro groups is 1. The first kappa shape index (κ1) is 42.9. The Kier molecular flexibility index (Phi) is 18.2. The average Bonchev–Trinajstić information content (AvgIpc) is 3.16. The highest BCUT2D eigenvalue weighted by atomic mass is 16.6. The second-order valence-corrected chi connectivity index (χ2v) is 11.5. The van der Waals surface area contributed by atoms with Crippen LogP contribution in [0.1, 0.15) is 35.2 Å². The van der Waals surface area contributed by atoms with Crippen LogP contribution in [-0.2, 0) is 20.9 Å². The number of anilines is 5. The number of hydrogen-bond donors (Lipinski definition) is 6. The number of carbonyl (C=O) groups excluding carboxylic acids is 2. The fourth-order valence-corrected chi connectivity index (χ4v) is 4.43. The van der Waals surface area contributed by atoms with E-state index in [1.807, 2.05) is 36.2 Å². The van der Waals surface area contributed by atoms with Crippen molar-refractivity contribution in [3.8, 4) is 11.5 Å². The maximum atomic E-state index is 12.0. The van der Waals surface area contributed by atoms with Crippen LogP contribution < -0.4 is 48.4 Å². The van der Waals surface area contributed by atoms with Crippen molar-refractivity contribution in [1.82, 2.24) is 5.32 Å². The van der Waals surface area contributed by atoms with E-state index in [1.165, 1.54) is 45.6 Å². The average molecular weight is 735 g/mol. The molecule has 0 saturated carbocycles. The van der Waals surface area contributed by atoms with Crippen molar-refractivity contribution < 1.29 is 33.5 Å². The number of esters is 1. The third-order valence-electron chi connectivity index (χ3n) is 7.52. The van der Waals surface area contributed by atoms with E-state index in [-0.39, 0.29) is 17.6 Å². The summed E-state index contributed by atoms with van der Waals surface area (Å²) in [5.74, 6) is 0.757. The number of hydrogen-bond acceptors (Lipinski definition) is 14. The maximum Gasteiger partial charge on any atom is 0.337 e. The smallest absolute Gasteiger partial charge is 0.337 e. The molecule has 11 N–H and O–H groups in total. The van der Waals surface area contributed by atoms with Gasteiger partial charge < -0.3 is 57.8 Å². The van der Waals surface area contributed by atoms with Crippen LogP contribution in [0.3, 0.4) is 0 Å². The molecular formula is C37H50N8O8. The first-order valence-electron chi connectivity index (χ1n) is 16.4. The summed E-state index contributed by atoms with van der Waals surface area (Å²) in [5.41, 5.74) is 33.0. The second-order valence-electron chi connectivity index (χ2n) is 11.5. The van der Waals surface area contributed by atoms with E-state index >= 15 is 0 Å². The number of non-ortho nitro benzene ring substituents is 1. The zero-order chi connectivity index (χ0) is 39.3. The Hall–Kier alpha value is -6.26. The van der Waals surface area contributed by atoms with Crippen molar-refractivity contribution in [2.75, 3.05) is 69.3 Å². The molecule has 16 heteroatoms. The molecule has 4 rings (SSSR count). The van der Waals surface area contributed by atoms with Gasteiger partial charge in [0.05, 0.1) is 49.8 Å². The number of methoxy groups -OCH3 is 3. The van der Waals surface area contributed by atoms with E-state index in [4.69, 9.17) is 42.9 Å². The lowest BCUT2D eigenvalue weighted by molar-refractivity contribution is -0.384. The number of nitrogen functional groups attached to an aromatic ring is 4. The minimum Gasteiger partial charge on any atom is -0.495 e. The van der Waals surface area contributed by atoms with E-state index in [2.05, 4.69) is 10.1 Å². The summed E-state index contributed by atoms with van der Waals surface area (Å²) in [4.78, 5) is 35.1. The second kappa shape index (κ2) is 22.5. The Labute approximate surface area is 309 Å². The maximum absolute atomic E-state index is 12.0. The van der Waals surface area contributed by atoms with Crippen LogP contribution in [0.2, 0.25) is 0 Å². The quantitative estimate of drug-likeness (QED) is 0.0248. The molecule has 0 aliphatic carbocycles. The Morgan fingerprint density at radius 3 is 1.85 bits per heavy atom. The molecule has 1 atom stereocenters. The van der Waals surface area contributed by atoms with E-state index in [0.717, 1.165) is 17.7 Å². The molecule has 4 aromatic carbocycles. The predicted octanol–water partition coefficient (Wildman–Crippen LogP) is 4.32. The Morgan fingerprint density at radius 1 is 0.830 bits per heavy atom. The number of amides is 1. The lowest BCUT2D eigenvalue weighted by atomic mass is 10.1. The van der Waals surface area contributed by atoms with Crippen molar-refractivity contribution in [1.29, 1.82) is 0 Å². The fourth-order valence-electron chi connectivity index (χ4n) is 4.43. The molecule has 0 saturated heterocycles. The monoisotopic (exact) mass is 734 g/mol. The minimum absolute atomic E-state index is 0.00230. The van der Waals surface area contributed by atoms with Gasteiger partial charge in [0.15, 0.2) is 0 Å². The van der Waals surface area contributed by atoms with Gasteiger partial charge in [0.25, 0.3) is 5.69 Å². The van der Waals surface area contributed by atoms with Crippen molar-refractivity contribution in [2.24, 2.45) is 5.73 Å². The van der Waals surface area contributed by atoms with Gasteiger partial charge in [-0.1, -0.05) is 12.1 Å². The Bertz CT molecular complexity index is 1690. The van der Waals surface area contributed by atoms with Crippen molar-refractivity contribution in [3.05, 3.63) is 106 Å². The molecule has 53 heavy (non-hydrogen) atoms. The van der Waals surface area contributed by atoms with E-state index in [9.17, 15) is 19.7 Å². The number of rotatable bonds is 15.